The minimum Gasteiger partial charge on any atom is -0.0954 e. The summed E-state index contributed by atoms with van der Waals surface area (Å²) < 4.78 is 0. The first-order chi connectivity index (χ1) is 9.15. The first-order valence-corrected chi connectivity index (χ1v) is 7.43. The van der Waals surface area contributed by atoms with Gasteiger partial charge < -0.3 is 0 Å². The van der Waals surface area contributed by atoms with E-state index in [9.17, 15) is 0 Å². The predicted octanol–water partition coefficient (Wildman–Crippen LogP) is 5.58. The van der Waals surface area contributed by atoms with Gasteiger partial charge in [0.1, 0.15) is 0 Å². The topological polar surface area (TPSA) is 0 Å². The van der Waals surface area contributed by atoms with Crippen LogP contribution in [0.2, 0.25) is 5.02 Å². The van der Waals surface area contributed by atoms with Crippen molar-refractivity contribution < 1.29 is 0 Å². The van der Waals surface area contributed by atoms with Crippen LogP contribution in [0.15, 0.2) is 30.4 Å². The van der Waals surface area contributed by atoms with Gasteiger partial charge in [-0.05, 0) is 43.4 Å². The summed E-state index contributed by atoms with van der Waals surface area (Å²) in [5, 5.41) is 0.901. The lowest BCUT2D eigenvalue weighted by Gasteiger charge is -2.04. The molecule has 0 heterocycles. The Morgan fingerprint density at radius 2 is 2.16 bits per heavy atom. The third kappa shape index (κ3) is 5.99. The lowest BCUT2D eigenvalue weighted by Crippen LogP contribution is -1.88. The molecule has 0 saturated heterocycles. The maximum Gasteiger partial charge on any atom is 0.0467 e. The first-order valence-electron chi connectivity index (χ1n) is 7.05. The lowest BCUT2D eigenvalue weighted by atomic mass is 10.1. The molecule has 0 radical (unpaired) electrons. The molecule has 0 bridgehead atoms. The molecule has 1 rings (SSSR count). The highest BCUT2D eigenvalue weighted by Gasteiger charge is 2.00. The van der Waals surface area contributed by atoms with E-state index in [2.05, 4.69) is 43.9 Å². The van der Waals surface area contributed by atoms with Gasteiger partial charge in [-0.3, -0.25) is 0 Å². The van der Waals surface area contributed by atoms with Crippen LogP contribution in [0.5, 0.6) is 0 Å². The molecule has 1 aromatic rings. The van der Waals surface area contributed by atoms with E-state index in [0.717, 1.165) is 23.4 Å². The molecule has 1 aromatic carbocycles. The van der Waals surface area contributed by atoms with Crippen molar-refractivity contribution in [2.24, 2.45) is 5.92 Å². The predicted molar refractivity (Wildman–Crippen MR) is 85.5 cm³/mol. The fraction of sp³-hybridized carbons (Fsp3) is 0.444. The van der Waals surface area contributed by atoms with E-state index in [4.69, 9.17) is 11.6 Å². The molecule has 0 N–H and O–H groups in total. The quantitative estimate of drug-likeness (QED) is 0.615. The summed E-state index contributed by atoms with van der Waals surface area (Å²) in [6.07, 6.45) is 8.44. The number of halogens is 1. The van der Waals surface area contributed by atoms with Crippen LogP contribution < -0.4 is 0 Å². The van der Waals surface area contributed by atoms with Crippen LogP contribution in [0.1, 0.15) is 44.2 Å². The summed E-state index contributed by atoms with van der Waals surface area (Å²) in [4.78, 5) is 0. The fourth-order valence-corrected chi connectivity index (χ4v) is 2.20. The zero-order valence-corrected chi connectivity index (χ0v) is 12.9. The van der Waals surface area contributed by atoms with Crippen LogP contribution >= 0.6 is 11.6 Å². The molecule has 0 aliphatic carbocycles. The third-order valence-electron chi connectivity index (χ3n) is 3.10. The van der Waals surface area contributed by atoms with Crippen LogP contribution in [-0.2, 0) is 6.42 Å². The monoisotopic (exact) mass is 274 g/mol. The van der Waals surface area contributed by atoms with E-state index >= 15 is 0 Å². The van der Waals surface area contributed by atoms with Crippen LogP contribution in [0, 0.1) is 24.7 Å². The average Bonchev–Trinajstić information content (AvgIpc) is 2.38. The van der Waals surface area contributed by atoms with Crippen molar-refractivity contribution in [3.8, 4) is 11.8 Å². The summed E-state index contributed by atoms with van der Waals surface area (Å²) in [7, 11) is 0. The van der Waals surface area contributed by atoms with E-state index in [-0.39, 0.29) is 0 Å². The maximum atomic E-state index is 6.26. The second-order valence-electron chi connectivity index (χ2n) is 4.97. The fourth-order valence-electron chi connectivity index (χ4n) is 1.98. The molecule has 0 aliphatic rings. The molecule has 0 nitrogen and oxygen atoms in total. The minimum absolute atomic E-state index is 0.501. The van der Waals surface area contributed by atoms with Gasteiger partial charge in [0, 0.05) is 10.9 Å². The number of aryl methyl sites for hydroxylation is 2. The molecule has 0 spiro atoms. The van der Waals surface area contributed by atoms with Crippen LogP contribution in [0.3, 0.4) is 0 Å². The molecule has 0 fully saturated rings. The maximum absolute atomic E-state index is 6.26. The highest BCUT2D eigenvalue weighted by molar-refractivity contribution is 6.32. The lowest BCUT2D eigenvalue weighted by molar-refractivity contribution is 0.653. The number of rotatable bonds is 5. The van der Waals surface area contributed by atoms with Gasteiger partial charge in [-0.25, -0.2) is 0 Å². The number of benzene rings is 1. The zero-order valence-electron chi connectivity index (χ0n) is 12.2. The van der Waals surface area contributed by atoms with Gasteiger partial charge in [-0.15, -0.1) is 0 Å². The van der Waals surface area contributed by atoms with Gasteiger partial charge >= 0.3 is 0 Å². The Morgan fingerprint density at radius 1 is 1.37 bits per heavy atom. The van der Waals surface area contributed by atoms with E-state index in [1.54, 1.807) is 0 Å². The van der Waals surface area contributed by atoms with Crippen molar-refractivity contribution in [3.63, 3.8) is 0 Å². The molecule has 0 aromatic heterocycles. The zero-order chi connectivity index (χ0) is 14.1. The van der Waals surface area contributed by atoms with Gasteiger partial charge in [0.2, 0.25) is 0 Å². The highest BCUT2D eigenvalue weighted by Crippen LogP contribution is 2.21. The van der Waals surface area contributed by atoms with E-state index in [1.165, 1.54) is 18.4 Å². The van der Waals surface area contributed by atoms with Gasteiger partial charge in [-0.1, -0.05) is 68.0 Å². The molecule has 1 atom stereocenters. The minimum atomic E-state index is 0.501. The van der Waals surface area contributed by atoms with Crippen molar-refractivity contribution in [3.05, 3.63) is 46.5 Å². The average molecular weight is 275 g/mol. The molecule has 102 valence electrons. The Balaban J connectivity index is 2.40. The third-order valence-corrected chi connectivity index (χ3v) is 3.65. The largest absolute Gasteiger partial charge is 0.0954 e. The van der Waals surface area contributed by atoms with E-state index < -0.39 is 0 Å². The van der Waals surface area contributed by atoms with Crippen molar-refractivity contribution in [2.45, 2.75) is 46.5 Å². The van der Waals surface area contributed by atoms with Crippen molar-refractivity contribution in [2.75, 3.05) is 0 Å². The SMILES string of the molecule is CCCC(C)C#C/C=C\CCc1cccc(C)c1Cl. The molecule has 0 aliphatic heterocycles. The van der Waals surface area contributed by atoms with E-state index in [0.29, 0.717) is 5.92 Å². The van der Waals surface area contributed by atoms with Crippen LogP contribution in [0.25, 0.3) is 0 Å². The second kappa shape index (κ2) is 8.83. The molecule has 0 saturated carbocycles. The Kier molecular flexibility index (Phi) is 7.38. The summed E-state index contributed by atoms with van der Waals surface area (Å²) in [5.74, 6) is 6.86. The number of allylic oxidation sites excluding steroid dienone is 2. The molecule has 1 heteroatoms. The standard InChI is InChI=1S/C18H23Cl/c1-4-10-15(2)11-7-5-6-8-13-17-14-9-12-16(3)18(17)19/h5-6,9,12,14-15H,4,8,10,13H2,1-3H3/b6-5-. The Hall–Kier alpha value is -1.19. The van der Waals surface area contributed by atoms with Gasteiger partial charge in [-0.2, -0.15) is 0 Å². The van der Waals surface area contributed by atoms with E-state index in [1.807, 2.05) is 19.1 Å². The summed E-state index contributed by atoms with van der Waals surface area (Å²) >= 11 is 6.26. The Bertz CT molecular complexity index is 474. The summed E-state index contributed by atoms with van der Waals surface area (Å²) in [6, 6.07) is 6.20. The normalized spacial score (nSPS) is 12.2. The molecule has 0 amide bonds. The Labute approximate surface area is 122 Å². The van der Waals surface area contributed by atoms with Crippen molar-refractivity contribution in [1.82, 2.24) is 0 Å². The number of hydrogen-bond acceptors (Lipinski definition) is 0. The Morgan fingerprint density at radius 3 is 2.89 bits per heavy atom. The first kappa shape index (κ1) is 15.9. The van der Waals surface area contributed by atoms with Gasteiger partial charge in [0.15, 0.2) is 0 Å². The molecule has 19 heavy (non-hydrogen) atoms. The summed E-state index contributed by atoms with van der Waals surface area (Å²) in [5.41, 5.74) is 2.37. The smallest absolute Gasteiger partial charge is 0.0467 e. The van der Waals surface area contributed by atoms with Gasteiger partial charge in [0.05, 0.1) is 0 Å². The molecule has 1 unspecified atom stereocenters. The summed E-state index contributed by atoms with van der Waals surface area (Å²) in [6.45, 7) is 6.42. The van der Waals surface area contributed by atoms with Gasteiger partial charge in [0.25, 0.3) is 0 Å². The highest BCUT2D eigenvalue weighted by atomic mass is 35.5. The molecular weight excluding hydrogens is 252 g/mol. The van der Waals surface area contributed by atoms with Crippen molar-refractivity contribution >= 4 is 11.6 Å². The second-order valence-corrected chi connectivity index (χ2v) is 5.35. The van der Waals surface area contributed by atoms with Crippen LogP contribution in [-0.4, -0.2) is 0 Å². The van der Waals surface area contributed by atoms with Crippen molar-refractivity contribution in [1.29, 1.82) is 0 Å². The van der Waals surface area contributed by atoms with Crippen LogP contribution in [0.4, 0.5) is 0 Å². The molecular formula is C18H23Cl. The number of hydrogen-bond donors (Lipinski definition) is 0.